The lowest BCUT2D eigenvalue weighted by molar-refractivity contribution is 0.391. The summed E-state index contributed by atoms with van der Waals surface area (Å²) in [5.41, 5.74) is 2.52. The zero-order valence-corrected chi connectivity index (χ0v) is 11.4. The topological polar surface area (TPSA) is 29.9 Å². The first-order valence-corrected chi connectivity index (χ1v) is 6.93. The molecular formula is C14H25N3. The van der Waals surface area contributed by atoms with Gasteiger partial charge < -0.3 is 5.32 Å². The molecule has 2 atom stereocenters. The third kappa shape index (κ3) is 3.09. The second-order valence-electron chi connectivity index (χ2n) is 5.36. The van der Waals surface area contributed by atoms with E-state index in [0.29, 0.717) is 0 Å². The second-order valence-corrected chi connectivity index (χ2v) is 5.36. The van der Waals surface area contributed by atoms with Crippen LogP contribution < -0.4 is 5.32 Å². The molecular weight excluding hydrogens is 210 g/mol. The SMILES string of the molecule is CCCNC1CCCC1Cc1cc(C)nn1C. The van der Waals surface area contributed by atoms with Crippen LogP contribution in [0.25, 0.3) is 0 Å². The van der Waals surface area contributed by atoms with Crippen LogP contribution in [-0.2, 0) is 13.5 Å². The van der Waals surface area contributed by atoms with E-state index >= 15 is 0 Å². The van der Waals surface area contributed by atoms with Gasteiger partial charge in [-0.15, -0.1) is 0 Å². The molecule has 0 radical (unpaired) electrons. The second kappa shape index (κ2) is 5.67. The number of hydrogen-bond donors (Lipinski definition) is 1. The molecule has 1 N–H and O–H groups in total. The first-order valence-electron chi connectivity index (χ1n) is 6.93. The van der Waals surface area contributed by atoms with Crippen LogP contribution in [0, 0.1) is 12.8 Å². The highest BCUT2D eigenvalue weighted by atomic mass is 15.3. The molecule has 0 spiro atoms. The fourth-order valence-electron chi connectivity index (χ4n) is 3.00. The molecule has 1 aliphatic rings. The maximum atomic E-state index is 4.44. The van der Waals surface area contributed by atoms with E-state index in [1.54, 1.807) is 0 Å². The summed E-state index contributed by atoms with van der Waals surface area (Å²) in [6.07, 6.45) is 6.50. The molecule has 1 fully saturated rings. The van der Waals surface area contributed by atoms with E-state index in [0.717, 1.165) is 24.2 Å². The van der Waals surface area contributed by atoms with Gasteiger partial charge in [-0.3, -0.25) is 4.68 Å². The van der Waals surface area contributed by atoms with Crippen molar-refractivity contribution in [1.82, 2.24) is 15.1 Å². The number of aryl methyl sites for hydroxylation is 2. The molecule has 0 saturated heterocycles. The average Bonchev–Trinajstić information content (AvgIpc) is 2.84. The smallest absolute Gasteiger partial charge is 0.0596 e. The maximum Gasteiger partial charge on any atom is 0.0596 e. The van der Waals surface area contributed by atoms with Crippen molar-refractivity contribution >= 4 is 0 Å². The van der Waals surface area contributed by atoms with Gasteiger partial charge in [0.1, 0.15) is 0 Å². The third-order valence-corrected chi connectivity index (χ3v) is 3.89. The van der Waals surface area contributed by atoms with Gasteiger partial charge in [0.05, 0.1) is 5.69 Å². The minimum Gasteiger partial charge on any atom is -0.314 e. The summed E-state index contributed by atoms with van der Waals surface area (Å²) >= 11 is 0. The van der Waals surface area contributed by atoms with Crippen molar-refractivity contribution in [3.8, 4) is 0 Å². The van der Waals surface area contributed by atoms with Gasteiger partial charge in [0.2, 0.25) is 0 Å². The zero-order chi connectivity index (χ0) is 12.3. The van der Waals surface area contributed by atoms with Crippen molar-refractivity contribution in [2.75, 3.05) is 6.54 Å². The van der Waals surface area contributed by atoms with Gasteiger partial charge in [0.15, 0.2) is 0 Å². The normalized spacial score (nSPS) is 24.4. The van der Waals surface area contributed by atoms with Crippen molar-refractivity contribution in [2.24, 2.45) is 13.0 Å². The largest absolute Gasteiger partial charge is 0.314 e. The van der Waals surface area contributed by atoms with E-state index in [1.165, 1.54) is 37.8 Å². The highest BCUT2D eigenvalue weighted by Gasteiger charge is 2.27. The highest BCUT2D eigenvalue weighted by Crippen LogP contribution is 2.28. The Bertz CT molecular complexity index is 356. The van der Waals surface area contributed by atoms with Crippen LogP contribution in [0.15, 0.2) is 6.07 Å². The Morgan fingerprint density at radius 1 is 1.47 bits per heavy atom. The van der Waals surface area contributed by atoms with E-state index in [1.807, 2.05) is 4.68 Å². The molecule has 2 rings (SSSR count). The average molecular weight is 235 g/mol. The summed E-state index contributed by atoms with van der Waals surface area (Å²) < 4.78 is 2.05. The van der Waals surface area contributed by atoms with Crippen molar-refractivity contribution < 1.29 is 0 Å². The van der Waals surface area contributed by atoms with Crippen LogP contribution in [0.1, 0.15) is 44.0 Å². The molecule has 0 aromatic carbocycles. The summed E-state index contributed by atoms with van der Waals surface area (Å²) in [6.45, 7) is 5.47. The van der Waals surface area contributed by atoms with E-state index < -0.39 is 0 Å². The Kier molecular flexibility index (Phi) is 4.21. The lowest BCUT2D eigenvalue weighted by Gasteiger charge is -2.20. The van der Waals surface area contributed by atoms with Gasteiger partial charge in [-0.25, -0.2) is 0 Å². The Hall–Kier alpha value is -0.830. The Morgan fingerprint density at radius 2 is 2.29 bits per heavy atom. The molecule has 3 nitrogen and oxygen atoms in total. The maximum absolute atomic E-state index is 4.44. The number of hydrogen-bond acceptors (Lipinski definition) is 2. The predicted molar refractivity (Wildman–Crippen MR) is 71.1 cm³/mol. The number of rotatable bonds is 5. The van der Waals surface area contributed by atoms with Gasteiger partial charge in [-0.2, -0.15) is 5.10 Å². The molecule has 96 valence electrons. The molecule has 0 aliphatic heterocycles. The molecule has 1 aliphatic carbocycles. The first kappa shape index (κ1) is 12.6. The zero-order valence-electron chi connectivity index (χ0n) is 11.4. The lowest BCUT2D eigenvalue weighted by atomic mass is 9.97. The summed E-state index contributed by atoms with van der Waals surface area (Å²) in [6, 6.07) is 2.96. The fraction of sp³-hybridized carbons (Fsp3) is 0.786. The molecule has 17 heavy (non-hydrogen) atoms. The molecule has 1 heterocycles. The predicted octanol–water partition coefficient (Wildman–Crippen LogP) is 2.44. The summed E-state index contributed by atoms with van der Waals surface area (Å²) in [4.78, 5) is 0. The monoisotopic (exact) mass is 235 g/mol. The fourth-order valence-corrected chi connectivity index (χ4v) is 3.00. The van der Waals surface area contributed by atoms with E-state index in [-0.39, 0.29) is 0 Å². The Labute approximate surface area is 105 Å². The number of aromatic nitrogens is 2. The Morgan fingerprint density at radius 3 is 2.94 bits per heavy atom. The van der Waals surface area contributed by atoms with Crippen molar-refractivity contribution in [3.63, 3.8) is 0 Å². The standard InChI is InChI=1S/C14H25N3/c1-4-8-15-14-7-5-6-12(14)10-13-9-11(2)16-17(13)3/h9,12,14-15H,4-8,10H2,1-3H3. The van der Waals surface area contributed by atoms with Crippen LogP contribution in [0.5, 0.6) is 0 Å². The molecule has 2 unspecified atom stereocenters. The van der Waals surface area contributed by atoms with E-state index in [9.17, 15) is 0 Å². The minimum atomic E-state index is 0.727. The van der Waals surface area contributed by atoms with Gasteiger partial charge in [0.25, 0.3) is 0 Å². The van der Waals surface area contributed by atoms with E-state index in [2.05, 4.69) is 37.4 Å². The van der Waals surface area contributed by atoms with Crippen LogP contribution in [-0.4, -0.2) is 22.4 Å². The van der Waals surface area contributed by atoms with Crippen LogP contribution in [0.3, 0.4) is 0 Å². The van der Waals surface area contributed by atoms with Gasteiger partial charge in [-0.05, 0) is 51.1 Å². The van der Waals surface area contributed by atoms with Gasteiger partial charge in [0, 0.05) is 18.8 Å². The molecule has 1 aromatic heterocycles. The highest BCUT2D eigenvalue weighted by molar-refractivity contribution is 5.10. The van der Waals surface area contributed by atoms with Crippen LogP contribution >= 0.6 is 0 Å². The Balaban J connectivity index is 1.95. The quantitative estimate of drug-likeness (QED) is 0.849. The van der Waals surface area contributed by atoms with Crippen molar-refractivity contribution in [1.29, 1.82) is 0 Å². The molecule has 3 heteroatoms. The minimum absolute atomic E-state index is 0.727. The first-order chi connectivity index (χ1) is 8.20. The van der Waals surface area contributed by atoms with Gasteiger partial charge >= 0.3 is 0 Å². The third-order valence-electron chi connectivity index (χ3n) is 3.89. The molecule has 0 amide bonds. The summed E-state index contributed by atoms with van der Waals surface area (Å²) in [5, 5.41) is 8.13. The lowest BCUT2D eigenvalue weighted by Crippen LogP contribution is -2.34. The van der Waals surface area contributed by atoms with Crippen molar-refractivity contribution in [2.45, 2.75) is 52.0 Å². The molecule has 1 saturated carbocycles. The molecule has 1 aromatic rings. The van der Waals surface area contributed by atoms with Crippen LogP contribution in [0.4, 0.5) is 0 Å². The number of nitrogens with zero attached hydrogens (tertiary/aromatic N) is 2. The number of nitrogens with one attached hydrogen (secondary N) is 1. The van der Waals surface area contributed by atoms with Crippen molar-refractivity contribution in [3.05, 3.63) is 17.5 Å². The summed E-state index contributed by atoms with van der Waals surface area (Å²) in [5.74, 6) is 0.802. The van der Waals surface area contributed by atoms with Crippen LogP contribution in [0.2, 0.25) is 0 Å². The molecule has 0 bridgehead atoms. The summed E-state index contributed by atoms with van der Waals surface area (Å²) in [7, 11) is 2.06. The van der Waals surface area contributed by atoms with Gasteiger partial charge in [-0.1, -0.05) is 13.3 Å². The van der Waals surface area contributed by atoms with E-state index in [4.69, 9.17) is 0 Å².